The van der Waals surface area contributed by atoms with Gasteiger partial charge in [0, 0.05) is 5.56 Å². The smallest absolute Gasteiger partial charge is 0.343 e. The van der Waals surface area contributed by atoms with Crippen molar-refractivity contribution in [2.24, 2.45) is 0 Å². The molecule has 0 aliphatic rings. The maximum atomic E-state index is 13.4. The number of benzene rings is 3. The molecule has 1 heterocycles. The molecule has 1 aromatic heterocycles. The number of aryl methyl sites for hydroxylation is 1. The molecule has 0 N–H and O–H groups in total. The lowest BCUT2D eigenvalue weighted by molar-refractivity contribution is 0.0731. The fraction of sp³-hybridized carbons (Fsp3) is 0.185. The van der Waals surface area contributed by atoms with Crippen LogP contribution in [0.25, 0.3) is 22.3 Å². The van der Waals surface area contributed by atoms with Crippen LogP contribution in [0.15, 0.2) is 75.9 Å². The highest BCUT2D eigenvalue weighted by Crippen LogP contribution is 2.35. The van der Waals surface area contributed by atoms with Gasteiger partial charge >= 0.3 is 5.97 Å². The monoisotopic (exact) mass is 446 g/mol. The summed E-state index contributed by atoms with van der Waals surface area (Å²) in [5.74, 6) is -0.698. The van der Waals surface area contributed by atoms with Gasteiger partial charge in [0.2, 0.25) is 11.2 Å². The predicted octanol–water partition coefficient (Wildman–Crippen LogP) is 6.94. The Morgan fingerprint density at radius 2 is 1.66 bits per heavy atom. The van der Waals surface area contributed by atoms with E-state index in [-0.39, 0.29) is 16.9 Å². The number of esters is 1. The molecule has 0 spiro atoms. The molecule has 0 amide bonds. The topological polar surface area (TPSA) is 56.5 Å². The number of hydrogen-bond acceptors (Lipinski definition) is 4. The molecule has 162 valence electrons. The summed E-state index contributed by atoms with van der Waals surface area (Å²) in [7, 11) is 0. The molecule has 0 fully saturated rings. The minimum Gasteiger partial charge on any atom is -0.452 e. The van der Waals surface area contributed by atoms with E-state index in [2.05, 4.69) is 20.8 Å². The van der Waals surface area contributed by atoms with Gasteiger partial charge in [0.05, 0.1) is 16.0 Å². The molecule has 0 aliphatic carbocycles. The van der Waals surface area contributed by atoms with Gasteiger partial charge in [0.1, 0.15) is 5.58 Å². The van der Waals surface area contributed by atoms with E-state index < -0.39 is 11.4 Å². The number of carbonyl (C=O) groups excluding carboxylic acids is 1. The van der Waals surface area contributed by atoms with E-state index in [9.17, 15) is 9.59 Å². The van der Waals surface area contributed by atoms with Crippen molar-refractivity contribution in [2.45, 2.75) is 33.1 Å². The highest BCUT2D eigenvalue weighted by Gasteiger charge is 2.23. The molecular weight excluding hydrogens is 424 g/mol. The van der Waals surface area contributed by atoms with Crippen molar-refractivity contribution in [1.29, 1.82) is 0 Å². The van der Waals surface area contributed by atoms with Crippen LogP contribution in [0.3, 0.4) is 0 Å². The second-order valence-electron chi connectivity index (χ2n) is 8.79. The van der Waals surface area contributed by atoms with E-state index >= 15 is 0 Å². The van der Waals surface area contributed by atoms with Crippen molar-refractivity contribution < 1.29 is 13.9 Å². The first-order valence-corrected chi connectivity index (χ1v) is 10.7. The molecule has 0 saturated heterocycles. The van der Waals surface area contributed by atoms with Crippen LogP contribution in [0.4, 0.5) is 0 Å². The Labute approximate surface area is 191 Å². The van der Waals surface area contributed by atoms with Gasteiger partial charge in [0.25, 0.3) is 0 Å². The van der Waals surface area contributed by atoms with Gasteiger partial charge in [-0.25, -0.2) is 4.79 Å². The number of hydrogen-bond donors (Lipinski definition) is 0. The normalized spacial score (nSPS) is 11.5. The number of ether oxygens (including phenoxy) is 1. The van der Waals surface area contributed by atoms with Gasteiger partial charge in [-0.15, -0.1) is 0 Å². The van der Waals surface area contributed by atoms with Gasteiger partial charge in [-0.1, -0.05) is 68.3 Å². The second-order valence-corrected chi connectivity index (χ2v) is 9.19. The van der Waals surface area contributed by atoms with Crippen molar-refractivity contribution in [3.8, 4) is 17.1 Å². The number of carbonyl (C=O) groups is 1. The van der Waals surface area contributed by atoms with E-state index in [0.29, 0.717) is 27.1 Å². The lowest BCUT2D eigenvalue weighted by Gasteiger charge is -2.19. The minimum atomic E-state index is -0.641. The summed E-state index contributed by atoms with van der Waals surface area (Å²) in [6.45, 7) is 8.17. The first kappa shape index (κ1) is 21.8. The highest BCUT2D eigenvalue weighted by molar-refractivity contribution is 6.33. The quantitative estimate of drug-likeness (QED) is 0.320. The zero-order valence-corrected chi connectivity index (χ0v) is 19.1. The van der Waals surface area contributed by atoms with E-state index in [1.165, 1.54) is 0 Å². The van der Waals surface area contributed by atoms with Crippen LogP contribution in [0.1, 0.15) is 42.3 Å². The maximum Gasteiger partial charge on any atom is 0.343 e. The summed E-state index contributed by atoms with van der Waals surface area (Å²) in [5.41, 5.74) is 2.72. The lowest BCUT2D eigenvalue weighted by atomic mass is 9.87. The van der Waals surface area contributed by atoms with Gasteiger partial charge in [0.15, 0.2) is 5.76 Å². The summed E-state index contributed by atoms with van der Waals surface area (Å²) < 4.78 is 11.7. The lowest BCUT2D eigenvalue weighted by Crippen LogP contribution is -2.17. The molecule has 0 bridgehead atoms. The summed E-state index contributed by atoms with van der Waals surface area (Å²) >= 11 is 6.37. The molecule has 0 atom stereocenters. The fourth-order valence-electron chi connectivity index (χ4n) is 3.47. The van der Waals surface area contributed by atoms with Crippen LogP contribution in [-0.4, -0.2) is 5.97 Å². The molecule has 4 aromatic rings. The van der Waals surface area contributed by atoms with Crippen LogP contribution in [0.2, 0.25) is 5.02 Å². The van der Waals surface area contributed by atoms with E-state index in [1.54, 1.807) is 48.5 Å². The Hall–Kier alpha value is -3.37. The second kappa shape index (κ2) is 8.29. The van der Waals surface area contributed by atoms with Crippen molar-refractivity contribution in [3.63, 3.8) is 0 Å². The fourth-order valence-corrected chi connectivity index (χ4v) is 3.69. The SMILES string of the molecule is Cc1ccc2oc(-c3ccccc3Cl)c(OC(=O)c3ccc(C(C)(C)C)cc3)c(=O)c2c1. The molecular formula is C27H23ClO4. The highest BCUT2D eigenvalue weighted by atomic mass is 35.5. The van der Waals surface area contributed by atoms with Crippen LogP contribution in [-0.2, 0) is 5.41 Å². The maximum absolute atomic E-state index is 13.4. The van der Waals surface area contributed by atoms with Gasteiger partial charge in [-0.3, -0.25) is 4.79 Å². The van der Waals surface area contributed by atoms with Crippen LogP contribution in [0.5, 0.6) is 5.75 Å². The molecule has 5 heteroatoms. The molecule has 0 unspecified atom stereocenters. The molecule has 4 nitrogen and oxygen atoms in total. The summed E-state index contributed by atoms with van der Waals surface area (Å²) in [6, 6.07) is 19.4. The summed E-state index contributed by atoms with van der Waals surface area (Å²) in [5, 5.41) is 0.723. The Kier molecular flexibility index (Phi) is 5.66. The third-order valence-corrected chi connectivity index (χ3v) is 5.63. The van der Waals surface area contributed by atoms with E-state index in [0.717, 1.165) is 11.1 Å². The van der Waals surface area contributed by atoms with Crippen LogP contribution >= 0.6 is 11.6 Å². The minimum absolute atomic E-state index is 0.0447. The average molecular weight is 447 g/mol. The standard InChI is InChI=1S/C27H23ClO4/c1-16-9-14-22-20(15-16)23(29)25(24(31-22)19-7-5-6-8-21(19)28)32-26(30)17-10-12-18(13-11-17)27(2,3)4/h5-15H,1-4H3. The zero-order valence-electron chi connectivity index (χ0n) is 18.4. The molecule has 3 aromatic carbocycles. The zero-order chi connectivity index (χ0) is 23.0. The van der Waals surface area contributed by atoms with Gasteiger partial charge < -0.3 is 9.15 Å². The third kappa shape index (κ3) is 4.19. The van der Waals surface area contributed by atoms with Crippen molar-refractivity contribution >= 4 is 28.5 Å². The van der Waals surface area contributed by atoms with Gasteiger partial charge in [-0.2, -0.15) is 0 Å². The number of fused-ring (bicyclic) bond motifs is 1. The van der Waals surface area contributed by atoms with Crippen molar-refractivity contribution in [3.05, 3.63) is 98.7 Å². The van der Waals surface area contributed by atoms with E-state index in [1.807, 2.05) is 25.1 Å². The Morgan fingerprint density at radius 3 is 2.31 bits per heavy atom. The summed E-state index contributed by atoms with van der Waals surface area (Å²) in [6.07, 6.45) is 0. The molecule has 0 saturated carbocycles. The Balaban J connectivity index is 1.84. The Bertz CT molecular complexity index is 1380. The number of halogens is 1. The van der Waals surface area contributed by atoms with Crippen molar-refractivity contribution in [2.75, 3.05) is 0 Å². The predicted molar refractivity (Wildman–Crippen MR) is 128 cm³/mol. The first-order chi connectivity index (χ1) is 15.1. The first-order valence-electron chi connectivity index (χ1n) is 10.3. The Morgan fingerprint density at radius 1 is 0.969 bits per heavy atom. The largest absolute Gasteiger partial charge is 0.452 e. The molecule has 4 rings (SSSR count). The molecule has 0 radical (unpaired) electrons. The van der Waals surface area contributed by atoms with Gasteiger partial charge in [-0.05, 0) is 54.3 Å². The van der Waals surface area contributed by atoms with Crippen LogP contribution < -0.4 is 10.2 Å². The third-order valence-electron chi connectivity index (χ3n) is 5.30. The average Bonchev–Trinajstić information content (AvgIpc) is 2.76. The summed E-state index contributed by atoms with van der Waals surface area (Å²) in [4.78, 5) is 26.3. The van der Waals surface area contributed by atoms with E-state index in [4.69, 9.17) is 20.8 Å². The molecule has 0 aliphatic heterocycles. The molecule has 32 heavy (non-hydrogen) atoms. The van der Waals surface area contributed by atoms with Crippen LogP contribution in [0, 0.1) is 6.92 Å². The number of rotatable bonds is 3. The van der Waals surface area contributed by atoms with Crippen molar-refractivity contribution in [1.82, 2.24) is 0 Å².